The Morgan fingerprint density at radius 3 is 1.76 bits per heavy atom. The largest absolute Gasteiger partial charge is 0.309 e. The lowest BCUT2D eigenvalue weighted by molar-refractivity contribution is 1.18. The highest BCUT2D eigenvalue weighted by Gasteiger charge is 2.24. The van der Waals surface area contributed by atoms with Crippen molar-refractivity contribution in [3.05, 3.63) is 206 Å². The lowest BCUT2D eigenvalue weighted by atomic mass is 9.93. The van der Waals surface area contributed by atoms with Gasteiger partial charge in [-0.3, -0.25) is 0 Å². The number of nitrogens with zero attached hydrogens (tertiary/aromatic N) is 2. The third kappa shape index (κ3) is 4.32. The maximum Gasteiger partial charge on any atom is 0.0619 e. The first-order chi connectivity index (χ1) is 28.8. The molecule has 268 valence electrons. The van der Waals surface area contributed by atoms with Crippen LogP contribution in [0.2, 0.25) is 0 Å². The van der Waals surface area contributed by atoms with Crippen molar-refractivity contribution in [2.75, 3.05) is 0 Å². The van der Waals surface area contributed by atoms with Crippen LogP contribution in [-0.4, -0.2) is 9.13 Å². The van der Waals surface area contributed by atoms with E-state index in [9.17, 15) is 0 Å². The van der Waals surface area contributed by atoms with Crippen molar-refractivity contribution >= 4 is 65.2 Å². The van der Waals surface area contributed by atoms with Crippen LogP contribution in [0, 0.1) is 0 Å². The van der Waals surface area contributed by atoms with Crippen LogP contribution in [0.25, 0.3) is 121 Å². The first-order valence-corrected chi connectivity index (χ1v) is 20.1. The van der Waals surface area contributed by atoms with Crippen molar-refractivity contribution < 1.29 is 0 Å². The van der Waals surface area contributed by atoms with Crippen molar-refractivity contribution in [3.63, 3.8) is 0 Å². The Labute approximate surface area is 335 Å². The van der Waals surface area contributed by atoms with Gasteiger partial charge in [0.2, 0.25) is 0 Å². The molecule has 2 heterocycles. The van der Waals surface area contributed by atoms with Crippen LogP contribution in [0.15, 0.2) is 206 Å². The second-order valence-corrected chi connectivity index (χ2v) is 15.6. The number of para-hydroxylation sites is 3. The van der Waals surface area contributed by atoms with E-state index in [1.54, 1.807) is 0 Å². The summed E-state index contributed by atoms with van der Waals surface area (Å²) in [6.07, 6.45) is 0. The standard InChI is InChI=1S/C56H34N2/c1-2-14-38(15-3-1)57-51-23-10-9-20-44(51)45-28-26-37(34-54(45)57)36-27-32-53-50(33-36)49-29-25-35-13-4-5-16-39(35)56(49)58(53)52-24-11-8-19-43(52)42-30-31-48-41-18-7-6-17-40(41)46-21-12-22-47(42)55(46)48/h1-34H. The second kappa shape index (κ2) is 11.9. The number of fused-ring (bicyclic) bond motifs is 11. The zero-order chi connectivity index (χ0) is 37.9. The summed E-state index contributed by atoms with van der Waals surface area (Å²) >= 11 is 0. The molecule has 0 saturated heterocycles. The summed E-state index contributed by atoms with van der Waals surface area (Å²) < 4.78 is 4.93. The first kappa shape index (κ1) is 31.5. The molecular formula is C56H34N2. The van der Waals surface area contributed by atoms with Crippen LogP contribution < -0.4 is 0 Å². The number of aromatic nitrogens is 2. The Bertz CT molecular complexity index is 3650. The third-order valence-corrected chi connectivity index (χ3v) is 12.7. The summed E-state index contributed by atoms with van der Waals surface area (Å²) in [6, 6.07) is 76.3. The topological polar surface area (TPSA) is 9.86 Å². The van der Waals surface area contributed by atoms with Crippen LogP contribution in [0.5, 0.6) is 0 Å². The molecule has 1 aliphatic rings. The lowest BCUT2D eigenvalue weighted by Gasteiger charge is -2.17. The van der Waals surface area contributed by atoms with Crippen molar-refractivity contribution in [2.45, 2.75) is 0 Å². The average Bonchev–Trinajstić information content (AvgIpc) is 3.93. The fourth-order valence-electron chi connectivity index (χ4n) is 10.2. The van der Waals surface area contributed by atoms with E-state index in [1.807, 2.05) is 0 Å². The van der Waals surface area contributed by atoms with Gasteiger partial charge in [0, 0.05) is 38.2 Å². The van der Waals surface area contributed by atoms with Gasteiger partial charge in [-0.2, -0.15) is 0 Å². The van der Waals surface area contributed by atoms with Crippen LogP contribution >= 0.6 is 0 Å². The van der Waals surface area contributed by atoms with E-state index in [2.05, 4.69) is 215 Å². The van der Waals surface area contributed by atoms with Crippen molar-refractivity contribution in [1.29, 1.82) is 0 Å². The van der Waals surface area contributed by atoms with E-state index < -0.39 is 0 Å². The van der Waals surface area contributed by atoms with Crippen molar-refractivity contribution in [2.24, 2.45) is 0 Å². The van der Waals surface area contributed by atoms with Crippen molar-refractivity contribution in [3.8, 4) is 55.9 Å². The Hall–Kier alpha value is -7.68. The Morgan fingerprint density at radius 1 is 0.276 bits per heavy atom. The molecular weight excluding hydrogens is 701 g/mol. The molecule has 13 rings (SSSR count). The second-order valence-electron chi connectivity index (χ2n) is 15.6. The number of hydrogen-bond donors (Lipinski definition) is 0. The summed E-state index contributed by atoms with van der Waals surface area (Å²) in [5.41, 5.74) is 17.3. The molecule has 2 aromatic heterocycles. The van der Waals surface area contributed by atoms with Crippen LogP contribution in [0.4, 0.5) is 0 Å². The predicted molar refractivity (Wildman–Crippen MR) is 245 cm³/mol. The van der Waals surface area contributed by atoms with E-state index in [4.69, 9.17) is 0 Å². The number of benzene rings is 10. The molecule has 1 aliphatic carbocycles. The molecule has 2 heteroatoms. The zero-order valence-corrected chi connectivity index (χ0v) is 31.5. The van der Waals surface area contributed by atoms with Gasteiger partial charge in [-0.15, -0.1) is 0 Å². The predicted octanol–water partition coefficient (Wildman–Crippen LogP) is 15.2. The van der Waals surface area contributed by atoms with Gasteiger partial charge in [0.1, 0.15) is 0 Å². The number of rotatable bonds is 4. The van der Waals surface area contributed by atoms with Gasteiger partial charge in [0.25, 0.3) is 0 Å². The fourth-order valence-corrected chi connectivity index (χ4v) is 10.2. The van der Waals surface area contributed by atoms with E-state index in [1.165, 1.54) is 121 Å². The molecule has 12 aromatic rings. The zero-order valence-electron chi connectivity index (χ0n) is 31.5. The summed E-state index contributed by atoms with van der Waals surface area (Å²) in [6.45, 7) is 0. The molecule has 0 fully saturated rings. The molecule has 0 radical (unpaired) electrons. The minimum atomic E-state index is 1.17. The SMILES string of the molecule is c1ccc(-n2c3ccccc3c3ccc(-c4ccc5c(c4)c4ccc6ccccc6c4n5-c4ccccc4-c4ccc5c6c(cccc46)-c4ccccc4-5)cc32)cc1. The quantitative estimate of drug-likeness (QED) is 0.170. The normalized spacial score (nSPS) is 12.1. The number of hydrogen-bond acceptors (Lipinski definition) is 0. The molecule has 10 aromatic carbocycles. The Balaban J connectivity index is 1.06. The van der Waals surface area contributed by atoms with Gasteiger partial charge in [-0.25, -0.2) is 0 Å². The minimum absolute atomic E-state index is 1.17. The molecule has 58 heavy (non-hydrogen) atoms. The highest BCUT2D eigenvalue weighted by Crippen LogP contribution is 2.50. The maximum absolute atomic E-state index is 2.53. The van der Waals surface area contributed by atoms with Gasteiger partial charge in [-0.05, 0) is 97.6 Å². The Morgan fingerprint density at radius 2 is 0.879 bits per heavy atom. The van der Waals surface area contributed by atoms with Crippen molar-refractivity contribution in [1.82, 2.24) is 9.13 Å². The van der Waals surface area contributed by atoms with Gasteiger partial charge < -0.3 is 9.13 Å². The highest BCUT2D eigenvalue weighted by atomic mass is 15.0. The van der Waals surface area contributed by atoms with E-state index in [0.29, 0.717) is 0 Å². The molecule has 0 bridgehead atoms. The van der Waals surface area contributed by atoms with Gasteiger partial charge in [-0.1, -0.05) is 164 Å². The van der Waals surface area contributed by atoms with E-state index >= 15 is 0 Å². The molecule has 0 spiro atoms. The summed E-state index contributed by atoms with van der Waals surface area (Å²) in [4.78, 5) is 0. The molecule has 0 aliphatic heterocycles. The van der Waals surface area contributed by atoms with Crippen LogP contribution in [0.3, 0.4) is 0 Å². The lowest BCUT2D eigenvalue weighted by Crippen LogP contribution is -1.98. The molecule has 0 N–H and O–H groups in total. The van der Waals surface area contributed by atoms with Gasteiger partial charge in [0.15, 0.2) is 0 Å². The average molecular weight is 735 g/mol. The smallest absolute Gasteiger partial charge is 0.0619 e. The van der Waals surface area contributed by atoms with Gasteiger partial charge in [0.05, 0.1) is 27.8 Å². The Kier molecular flexibility index (Phi) is 6.47. The molecule has 0 saturated carbocycles. The molecule has 0 amide bonds. The molecule has 0 atom stereocenters. The maximum atomic E-state index is 2.53. The van der Waals surface area contributed by atoms with Gasteiger partial charge >= 0.3 is 0 Å². The fraction of sp³-hybridized carbons (Fsp3) is 0. The molecule has 2 nitrogen and oxygen atoms in total. The first-order valence-electron chi connectivity index (χ1n) is 20.1. The monoisotopic (exact) mass is 734 g/mol. The van der Waals surface area contributed by atoms with Crippen LogP contribution in [0.1, 0.15) is 0 Å². The summed E-state index contributed by atoms with van der Waals surface area (Å²) in [7, 11) is 0. The third-order valence-electron chi connectivity index (χ3n) is 12.7. The highest BCUT2D eigenvalue weighted by molar-refractivity contribution is 6.21. The summed E-state index contributed by atoms with van der Waals surface area (Å²) in [5, 5.41) is 10.1. The van der Waals surface area contributed by atoms with E-state index in [-0.39, 0.29) is 0 Å². The summed E-state index contributed by atoms with van der Waals surface area (Å²) in [5.74, 6) is 0. The van der Waals surface area contributed by atoms with E-state index in [0.717, 1.165) is 0 Å². The minimum Gasteiger partial charge on any atom is -0.309 e. The molecule has 0 unspecified atom stereocenters. The van der Waals surface area contributed by atoms with Crippen LogP contribution in [-0.2, 0) is 0 Å².